The van der Waals surface area contributed by atoms with E-state index in [2.05, 4.69) is 9.88 Å². The Kier molecular flexibility index (Phi) is 4.44. The summed E-state index contributed by atoms with van der Waals surface area (Å²) in [5.74, 6) is -2.14. The van der Waals surface area contributed by atoms with E-state index >= 15 is 0 Å². The van der Waals surface area contributed by atoms with Crippen LogP contribution < -0.4 is 5.73 Å². The van der Waals surface area contributed by atoms with Gasteiger partial charge in [-0.1, -0.05) is 6.07 Å². The maximum atomic E-state index is 14.8. The maximum Gasteiger partial charge on any atom is 0.249 e. The summed E-state index contributed by atoms with van der Waals surface area (Å²) in [6.07, 6.45) is 6.14. The fraction of sp³-hybridized carbons (Fsp3) is 0.400. The summed E-state index contributed by atoms with van der Waals surface area (Å²) in [4.78, 5) is 18.4. The molecule has 0 aliphatic carbocycles. The van der Waals surface area contributed by atoms with Gasteiger partial charge in [-0.3, -0.25) is 14.7 Å². The SMILES string of the molecule is NC(=O)c1cc(F)cc(F)c1C1C2CCN(CC2)C1Cc1cccnc1. The van der Waals surface area contributed by atoms with Crippen molar-refractivity contribution in [1.82, 2.24) is 9.88 Å². The summed E-state index contributed by atoms with van der Waals surface area (Å²) >= 11 is 0. The zero-order valence-corrected chi connectivity index (χ0v) is 14.4. The molecule has 0 spiro atoms. The number of carbonyl (C=O) groups is 1. The van der Waals surface area contributed by atoms with Crippen LogP contribution in [0, 0.1) is 17.6 Å². The Morgan fingerprint density at radius 3 is 2.69 bits per heavy atom. The van der Waals surface area contributed by atoms with Crippen molar-refractivity contribution in [2.75, 3.05) is 13.1 Å². The van der Waals surface area contributed by atoms with E-state index in [0.717, 1.165) is 43.6 Å². The lowest BCUT2D eigenvalue weighted by atomic mass is 9.68. The number of primary amides is 1. The van der Waals surface area contributed by atoms with Gasteiger partial charge in [0.2, 0.25) is 5.91 Å². The molecule has 4 nitrogen and oxygen atoms in total. The fourth-order valence-corrected chi connectivity index (χ4v) is 4.72. The van der Waals surface area contributed by atoms with Crippen LogP contribution in [0.5, 0.6) is 0 Å². The van der Waals surface area contributed by atoms with Gasteiger partial charge in [0.15, 0.2) is 0 Å². The first-order chi connectivity index (χ1) is 12.5. The number of piperidine rings is 3. The number of pyridine rings is 1. The van der Waals surface area contributed by atoms with E-state index in [1.165, 1.54) is 0 Å². The highest BCUT2D eigenvalue weighted by Gasteiger charge is 2.45. The maximum absolute atomic E-state index is 14.8. The summed E-state index contributed by atoms with van der Waals surface area (Å²) in [5.41, 5.74) is 6.78. The van der Waals surface area contributed by atoms with Crippen molar-refractivity contribution < 1.29 is 13.6 Å². The van der Waals surface area contributed by atoms with E-state index in [1.807, 2.05) is 18.3 Å². The van der Waals surface area contributed by atoms with Gasteiger partial charge in [0, 0.05) is 41.5 Å². The van der Waals surface area contributed by atoms with Crippen molar-refractivity contribution in [3.63, 3.8) is 0 Å². The smallest absolute Gasteiger partial charge is 0.249 e. The summed E-state index contributed by atoms with van der Waals surface area (Å²) in [7, 11) is 0. The van der Waals surface area contributed by atoms with Crippen LogP contribution in [0.4, 0.5) is 8.78 Å². The number of benzene rings is 1. The largest absolute Gasteiger partial charge is 0.366 e. The van der Waals surface area contributed by atoms with Crippen molar-refractivity contribution >= 4 is 5.91 Å². The first-order valence-corrected chi connectivity index (χ1v) is 8.96. The van der Waals surface area contributed by atoms with Gasteiger partial charge in [-0.2, -0.15) is 0 Å². The fourth-order valence-electron chi connectivity index (χ4n) is 4.72. The number of fused-ring (bicyclic) bond motifs is 3. The Balaban J connectivity index is 1.79. The summed E-state index contributed by atoms with van der Waals surface area (Å²) < 4.78 is 28.5. The van der Waals surface area contributed by atoms with E-state index in [9.17, 15) is 13.6 Å². The molecule has 3 fully saturated rings. The molecule has 3 saturated heterocycles. The number of hydrogen-bond donors (Lipinski definition) is 1. The number of nitrogens with two attached hydrogens (primary N) is 1. The van der Waals surface area contributed by atoms with Crippen LogP contribution in [0.15, 0.2) is 36.7 Å². The second-order valence-corrected chi connectivity index (χ2v) is 7.25. The number of nitrogens with zero attached hydrogens (tertiary/aromatic N) is 2. The number of hydrogen-bond acceptors (Lipinski definition) is 3. The molecule has 136 valence electrons. The van der Waals surface area contributed by atoms with Gasteiger partial charge >= 0.3 is 0 Å². The monoisotopic (exact) mass is 357 g/mol. The Morgan fingerprint density at radius 2 is 2.04 bits per heavy atom. The van der Waals surface area contributed by atoms with Crippen molar-refractivity contribution in [2.45, 2.75) is 31.2 Å². The molecule has 1 amide bonds. The van der Waals surface area contributed by atoms with Crippen molar-refractivity contribution in [3.05, 3.63) is 65.0 Å². The topological polar surface area (TPSA) is 59.2 Å². The van der Waals surface area contributed by atoms with Crippen LogP contribution in [0.3, 0.4) is 0 Å². The Hall–Kier alpha value is -2.34. The van der Waals surface area contributed by atoms with Crippen LogP contribution in [0.2, 0.25) is 0 Å². The predicted molar refractivity (Wildman–Crippen MR) is 93.6 cm³/mol. The number of amides is 1. The average molecular weight is 357 g/mol. The molecule has 6 heteroatoms. The number of carbonyl (C=O) groups excluding carboxylic acids is 1. The quantitative estimate of drug-likeness (QED) is 0.915. The molecule has 2 bridgehead atoms. The summed E-state index contributed by atoms with van der Waals surface area (Å²) in [6.45, 7) is 1.92. The average Bonchev–Trinajstić information content (AvgIpc) is 2.63. The molecule has 2 unspecified atom stereocenters. The van der Waals surface area contributed by atoms with E-state index in [0.29, 0.717) is 6.42 Å². The first-order valence-electron chi connectivity index (χ1n) is 8.96. The lowest BCUT2D eigenvalue weighted by Gasteiger charge is -2.51. The highest BCUT2D eigenvalue weighted by molar-refractivity contribution is 5.94. The van der Waals surface area contributed by atoms with Crippen LogP contribution in [0.1, 0.15) is 40.2 Å². The number of rotatable bonds is 4. The van der Waals surface area contributed by atoms with E-state index < -0.39 is 17.5 Å². The third-order valence-electron chi connectivity index (χ3n) is 5.83. The molecule has 2 aromatic rings. The molecule has 2 atom stereocenters. The van der Waals surface area contributed by atoms with E-state index in [4.69, 9.17) is 5.73 Å². The van der Waals surface area contributed by atoms with Gasteiger partial charge in [0.25, 0.3) is 0 Å². The van der Waals surface area contributed by atoms with Gasteiger partial charge in [0.1, 0.15) is 11.6 Å². The minimum atomic E-state index is -0.782. The highest BCUT2D eigenvalue weighted by atomic mass is 19.1. The van der Waals surface area contributed by atoms with Crippen LogP contribution in [-0.2, 0) is 6.42 Å². The van der Waals surface area contributed by atoms with E-state index in [1.54, 1.807) is 6.20 Å². The number of aromatic nitrogens is 1. The molecule has 0 radical (unpaired) electrons. The standard InChI is InChI=1S/C20H21F2N3O/c21-14-9-15(20(23)26)19(16(22)10-14)18-13-3-6-25(7-4-13)17(18)8-12-2-1-5-24-11-12/h1-2,5,9-11,13,17-18H,3-4,6-8H2,(H2,23,26). The summed E-state index contributed by atoms with van der Waals surface area (Å²) in [5, 5.41) is 0. The minimum absolute atomic E-state index is 0.0302. The number of halogens is 2. The molecule has 5 rings (SSSR count). The molecule has 0 saturated carbocycles. The summed E-state index contributed by atoms with van der Waals surface area (Å²) in [6, 6.07) is 5.86. The Morgan fingerprint density at radius 1 is 1.27 bits per heavy atom. The van der Waals surface area contributed by atoms with Gasteiger partial charge < -0.3 is 5.73 Å². The molecule has 4 heterocycles. The second kappa shape index (κ2) is 6.76. The lowest BCUT2D eigenvalue weighted by molar-refractivity contribution is 0.0240. The zero-order valence-electron chi connectivity index (χ0n) is 14.4. The minimum Gasteiger partial charge on any atom is -0.366 e. The normalized spacial score (nSPS) is 27.5. The van der Waals surface area contributed by atoms with Gasteiger partial charge in [-0.25, -0.2) is 8.78 Å². The Labute approximate surface area is 151 Å². The highest BCUT2D eigenvalue weighted by Crippen LogP contribution is 2.46. The Bertz CT molecular complexity index is 819. The molecular formula is C20H21F2N3O. The lowest BCUT2D eigenvalue weighted by Crippen LogP contribution is -2.55. The molecular weight excluding hydrogens is 336 g/mol. The third kappa shape index (κ3) is 2.98. The van der Waals surface area contributed by atoms with Crippen molar-refractivity contribution in [2.24, 2.45) is 11.7 Å². The van der Waals surface area contributed by atoms with Crippen molar-refractivity contribution in [3.8, 4) is 0 Å². The van der Waals surface area contributed by atoms with Gasteiger partial charge in [-0.15, -0.1) is 0 Å². The molecule has 1 aromatic heterocycles. The predicted octanol–water partition coefficient (Wildman–Crippen LogP) is 2.88. The second-order valence-electron chi connectivity index (χ2n) is 7.25. The van der Waals surface area contributed by atoms with Gasteiger partial charge in [-0.05, 0) is 56.0 Å². The molecule has 26 heavy (non-hydrogen) atoms. The zero-order chi connectivity index (χ0) is 18.3. The first kappa shape index (κ1) is 17.1. The molecule has 3 aliphatic heterocycles. The molecule has 1 aromatic carbocycles. The van der Waals surface area contributed by atoms with Gasteiger partial charge in [0.05, 0.1) is 0 Å². The van der Waals surface area contributed by atoms with Crippen LogP contribution in [-0.4, -0.2) is 34.9 Å². The molecule has 2 N–H and O–H groups in total. The third-order valence-corrected chi connectivity index (χ3v) is 5.83. The molecule has 3 aliphatic rings. The van der Waals surface area contributed by atoms with E-state index in [-0.39, 0.29) is 29.0 Å². The van der Waals surface area contributed by atoms with Crippen LogP contribution >= 0.6 is 0 Å². The van der Waals surface area contributed by atoms with Crippen LogP contribution in [0.25, 0.3) is 0 Å². The van der Waals surface area contributed by atoms with Crippen molar-refractivity contribution in [1.29, 1.82) is 0 Å².